The fraction of sp³-hybridized carbons (Fsp3) is 0.0222. The Hall–Kier alpha value is -4.97. The van der Waals surface area contributed by atoms with E-state index in [4.69, 9.17) is 34.5 Å². The van der Waals surface area contributed by atoms with E-state index in [9.17, 15) is 4.39 Å². The van der Waals surface area contributed by atoms with Crippen molar-refractivity contribution in [1.82, 2.24) is 29.1 Å². The van der Waals surface area contributed by atoms with Gasteiger partial charge in [0.05, 0.1) is 51.0 Å². The fourth-order valence-electron chi connectivity index (χ4n) is 7.64. The molecule has 0 unspecified atom stereocenters. The number of rotatable bonds is 2. The first-order valence-electron chi connectivity index (χ1n) is 18.3. The third kappa shape index (κ3) is 6.17. The van der Waals surface area contributed by atoms with Crippen LogP contribution in [0.25, 0.3) is 96.0 Å². The van der Waals surface area contributed by atoms with Crippen LogP contribution in [0, 0.1) is 0 Å². The second kappa shape index (κ2) is 15.4. The molecular formula is C45H28Cl2FN6NaS2. The van der Waals surface area contributed by atoms with Crippen molar-refractivity contribution < 1.29 is 36.7 Å². The molecule has 272 valence electrons. The molecule has 0 spiro atoms. The van der Waals surface area contributed by atoms with Crippen LogP contribution in [0.5, 0.6) is 0 Å². The molecule has 0 bridgehead atoms. The summed E-state index contributed by atoms with van der Waals surface area (Å²) in [4.78, 5) is 18.8. The number of aromatic nitrogens is 6. The Kier molecular flexibility index (Phi) is 9.84. The second-order valence-corrected chi connectivity index (χ2v) is 15.7. The molecule has 6 nitrogen and oxygen atoms in total. The molecule has 0 radical (unpaired) electrons. The van der Waals surface area contributed by atoms with E-state index in [0.29, 0.717) is 11.1 Å². The summed E-state index contributed by atoms with van der Waals surface area (Å²) in [5.74, 6) is 1.59. The SMILES string of the molecule is Clc1nc(Cl)c2sc3ccccc3c2n1.[2H]CF.[H-].[Na+].c1ccc2c(c1)sc1c(-n3c4ccccc4c4ccccc43)nc(-n3c4ccccc4c4ccccc43)nc12. The van der Waals surface area contributed by atoms with Gasteiger partial charge >= 0.3 is 29.6 Å². The summed E-state index contributed by atoms with van der Waals surface area (Å²) in [6.07, 6.45) is 0. The molecule has 6 aromatic carbocycles. The van der Waals surface area contributed by atoms with Crippen molar-refractivity contribution in [1.29, 1.82) is 0 Å². The molecule has 0 amide bonds. The van der Waals surface area contributed by atoms with Gasteiger partial charge < -0.3 is 1.43 Å². The van der Waals surface area contributed by atoms with E-state index >= 15 is 0 Å². The molecule has 12 aromatic rings. The molecule has 0 aliphatic carbocycles. The number of para-hydroxylation sites is 4. The van der Waals surface area contributed by atoms with E-state index in [2.05, 4.69) is 140 Å². The Bertz CT molecular complexity index is 3390. The van der Waals surface area contributed by atoms with Crippen LogP contribution in [0.3, 0.4) is 0 Å². The van der Waals surface area contributed by atoms with Crippen LogP contribution in [-0.4, -0.2) is 36.2 Å². The Morgan fingerprint density at radius 3 is 1.39 bits per heavy atom. The van der Waals surface area contributed by atoms with Crippen LogP contribution in [0.2, 0.25) is 10.4 Å². The third-order valence-electron chi connectivity index (χ3n) is 9.91. The molecule has 12 rings (SSSR count). The maximum Gasteiger partial charge on any atom is 1.00 e. The van der Waals surface area contributed by atoms with Gasteiger partial charge in [-0.3, -0.25) is 13.5 Å². The fourth-order valence-corrected chi connectivity index (χ4v) is 10.3. The average Bonchev–Trinajstić information content (AvgIpc) is 3.99. The predicted octanol–water partition coefficient (Wildman–Crippen LogP) is 10.9. The molecule has 0 atom stereocenters. The topological polar surface area (TPSA) is 61.4 Å². The van der Waals surface area contributed by atoms with Crippen molar-refractivity contribution in [2.45, 2.75) is 0 Å². The largest absolute Gasteiger partial charge is 1.00 e. The van der Waals surface area contributed by atoms with Crippen molar-refractivity contribution in [3.63, 3.8) is 0 Å². The number of fused-ring (bicyclic) bond motifs is 12. The summed E-state index contributed by atoms with van der Waals surface area (Å²) in [6, 6.07) is 50.8. The van der Waals surface area contributed by atoms with Crippen molar-refractivity contribution in [2.75, 3.05) is 7.15 Å². The number of nitrogens with zero attached hydrogens (tertiary/aromatic N) is 6. The number of halogens is 3. The maximum atomic E-state index is 9.96. The molecule has 0 saturated carbocycles. The van der Waals surface area contributed by atoms with E-state index in [-0.39, 0.29) is 36.3 Å². The van der Waals surface area contributed by atoms with Gasteiger partial charge in [0.15, 0.2) is 11.0 Å². The smallest absolute Gasteiger partial charge is 1.00 e. The van der Waals surface area contributed by atoms with E-state index in [1.807, 2.05) is 24.3 Å². The van der Waals surface area contributed by atoms with Crippen LogP contribution in [0.1, 0.15) is 2.80 Å². The zero-order chi connectivity index (χ0) is 38.6. The van der Waals surface area contributed by atoms with Crippen LogP contribution >= 0.6 is 45.9 Å². The Morgan fingerprint density at radius 2 is 0.895 bits per heavy atom. The van der Waals surface area contributed by atoms with Gasteiger partial charge in [-0.25, -0.2) is 15.0 Å². The minimum atomic E-state index is -1.00. The second-order valence-electron chi connectivity index (χ2n) is 12.9. The van der Waals surface area contributed by atoms with Gasteiger partial charge in [0.2, 0.25) is 11.2 Å². The van der Waals surface area contributed by atoms with E-state index in [1.165, 1.54) is 26.2 Å². The predicted molar refractivity (Wildman–Crippen MR) is 237 cm³/mol. The Balaban J connectivity index is 0.000000203. The minimum absolute atomic E-state index is 0. The molecule has 0 aliphatic heterocycles. The first-order chi connectivity index (χ1) is 28.0. The zero-order valence-corrected chi connectivity index (χ0v) is 35.3. The summed E-state index contributed by atoms with van der Waals surface area (Å²) in [6.45, 7) is 0. The van der Waals surface area contributed by atoms with Crippen molar-refractivity contribution >= 4 is 130 Å². The van der Waals surface area contributed by atoms with Gasteiger partial charge in [0, 0.05) is 41.7 Å². The summed E-state index contributed by atoms with van der Waals surface area (Å²) in [5, 5.41) is 7.68. The Labute approximate surface area is 368 Å². The number of hydrogen-bond donors (Lipinski definition) is 0. The zero-order valence-electron chi connectivity index (χ0n) is 32.2. The van der Waals surface area contributed by atoms with Crippen LogP contribution in [-0.2, 0) is 0 Å². The van der Waals surface area contributed by atoms with Crippen molar-refractivity contribution in [2.24, 2.45) is 0 Å². The molecule has 57 heavy (non-hydrogen) atoms. The third-order valence-corrected chi connectivity index (χ3v) is 12.8. The molecule has 6 aromatic heterocycles. The first-order valence-corrected chi connectivity index (χ1v) is 19.9. The van der Waals surface area contributed by atoms with Gasteiger partial charge in [0.1, 0.15) is 0 Å². The molecule has 0 fully saturated rings. The van der Waals surface area contributed by atoms with Gasteiger partial charge in [-0.05, 0) is 48.0 Å². The van der Waals surface area contributed by atoms with Crippen molar-refractivity contribution in [3.05, 3.63) is 156 Å². The van der Waals surface area contributed by atoms with Gasteiger partial charge in [-0.2, -0.15) is 4.98 Å². The molecule has 12 heteroatoms. The van der Waals surface area contributed by atoms with Crippen LogP contribution < -0.4 is 29.6 Å². The normalized spacial score (nSPS) is 11.6. The van der Waals surface area contributed by atoms with E-state index in [0.717, 1.165) is 63.8 Å². The van der Waals surface area contributed by atoms with E-state index < -0.39 is 7.15 Å². The average molecular weight is 831 g/mol. The quantitative estimate of drug-likeness (QED) is 0.0989. The first kappa shape index (κ1) is 36.4. The number of thiophene rings is 2. The van der Waals surface area contributed by atoms with Crippen LogP contribution in [0.15, 0.2) is 146 Å². The summed E-state index contributed by atoms with van der Waals surface area (Å²) in [5.41, 5.74) is 6.31. The van der Waals surface area contributed by atoms with E-state index in [1.54, 1.807) is 22.7 Å². The number of hydrogen-bond acceptors (Lipinski definition) is 6. The molecule has 0 aliphatic rings. The maximum absolute atomic E-state index is 9.96. The monoisotopic (exact) mass is 829 g/mol. The van der Waals surface area contributed by atoms with Crippen LogP contribution in [0.4, 0.5) is 4.39 Å². The van der Waals surface area contributed by atoms with Gasteiger partial charge in [-0.15, -0.1) is 22.7 Å². The number of benzene rings is 6. The Morgan fingerprint density at radius 1 is 0.509 bits per heavy atom. The van der Waals surface area contributed by atoms with Gasteiger partial charge in [0.25, 0.3) is 0 Å². The summed E-state index contributed by atoms with van der Waals surface area (Å²) >= 11 is 15.1. The minimum Gasteiger partial charge on any atom is -1.00 e. The summed E-state index contributed by atoms with van der Waals surface area (Å²) < 4.78 is 24.4. The molecule has 0 saturated heterocycles. The number of alkyl halides is 1. The summed E-state index contributed by atoms with van der Waals surface area (Å²) in [7, 11) is -1.00. The van der Waals surface area contributed by atoms with Gasteiger partial charge in [-0.1, -0.05) is 121 Å². The van der Waals surface area contributed by atoms with Crippen molar-refractivity contribution in [3.8, 4) is 11.8 Å². The molecule has 0 N–H and O–H groups in total. The standard InChI is InChI=1S/C34H20N4S.C10H4Cl2N2S.CH3F.Na.H/c1-6-16-26-21(11-1)22-12-2-7-17-27(22)37(26)33-32-31(25-15-5-10-20-30(25)39-32)35-34(36-33)38-28-18-8-3-13-23(28)24-14-4-9-19-29(24)38;11-9-8-7(13-10(12)14-9)5-3-1-2-4-6(5)15-8;1-2;;/h1-20H;1-4H;1H3;;/q;;;+1;-1/i;;1D;;. The molecule has 6 heterocycles. The molecular weight excluding hydrogens is 802 g/mol.